The van der Waals surface area contributed by atoms with Crippen LogP contribution in [0.25, 0.3) is 0 Å². The molecule has 6 nitrogen and oxygen atoms in total. The number of hydrogen-bond acceptors (Lipinski definition) is 5. The van der Waals surface area contributed by atoms with Gasteiger partial charge in [-0.2, -0.15) is 4.39 Å². The number of rotatable bonds is 3. The second kappa shape index (κ2) is 4.83. The fraction of sp³-hybridized carbons (Fsp3) is 0.400. The third-order valence-corrected chi connectivity index (χ3v) is 2.60. The van der Waals surface area contributed by atoms with Gasteiger partial charge in [-0.1, -0.05) is 0 Å². The summed E-state index contributed by atoms with van der Waals surface area (Å²) in [5.74, 6) is -2.68. The van der Waals surface area contributed by atoms with Crippen LogP contribution < -0.4 is 10.1 Å². The Balaban J connectivity index is 2.23. The molecule has 2 atom stereocenters. The summed E-state index contributed by atoms with van der Waals surface area (Å²) >= 11 is 0. The summed E-state index contributed by atoms with van der Waals surface area (Å²) in [6.07, 6.45) is -1.54. The molecule has 0 unspecified atom stereocenters. The first-order valence-electron chi connectivity index (χ1n) is 5.18. The first kappa shape index (κ1) is 12.7. The Kier molecular flexibility index (Phi) is 3.39. The van der Waals surface area contributed by atoms with E-state index < -0.39 is 40.2 Å². The average molecular weight is 260 g/mol. The highest BCUT2D eigenvalue weighted by molar-refractivity contribution is 5.39. The molecule has 1 saturated heterocycles. The summed E-state index contributed by atoms with van der Waals surface area (Å²) in [6.45, 7) is 0.584. The largest absolute Gasteiger partial charge is 0.483 e. The van der Waals surface area contributed by atoms with Gasteiger partial charge in [-0.05, 0) is 0 Å². The van der Waals surface area contributed by atoms with Crippen molar-refractivity contribution in [3.8, 4) is 5.75 Å². The summed E-state index contributed by atoms with van der Waals surface area (Å²) in [7, 11) is 0. The molecule has 2 N–H and O–H groups in total. The van der Waals surface area contributed by atoms with Crippen molar-refractivity contribution in [2.24, 2.45) is 0 Å². The maximum Gasteiger partial charge on any atom is 0.307 e. The molecule has 1 fully saturated rings. The molecule has 8 heteroatoms. The molecular weight excluding hydrogens is 250 g/mol. The lowest BCUT2D eigenvalue weighted by Gasteiger charge is -2.16. The zero-order valence-electron chi connectivity index (χ0n) is 9.10. The van der Waals surface area contributed by atoms with Crippen LogP contribution >= 0.6 is 0 Å². The van der Waals surface area contributed by atoms with Gasteiger partial charge >= 0.3 is 5.69 Å². The zero-order valence-corrected chi connectivity index (χ0v) is 9.10. The molecule has 0 spiro atoms. The number of β-amino-alcohol motifs (C(OH)–C–C–N with tert-alkyl or cyclic N) is 1. The number of aliphatic hydroxyl groups is 1. The maximum absolute atomic E-state index is 13.5. The molecule has 0 bridgehead atoms. The van der Waals surface area contributed by atoms with Gasteiger partial charge in [0.25, 0.3) is 0 Å². The summed E-state index contributed by atoms with van der Waals surface area (Å²) in [5, 5.41) is 22.6. The van der Waals surface area contributed by atoms with Gasteiger partial charge in [0.2, 0.25) is 5.82 Å². The fourth-order valence-corrected chi connectivity index (χ4v) is 1.67. The number of benzene rings is 1. The monoisotopic (exact) mass is 260 g/mol. The van der Waals surface area contributed by atoms with Gasteiger partial charge in [0, 0.05) is 19.2 Å². The van der Waals surface area contributed by atoms with Gasteiger partial charge in [-0.15, -0.1) is 0 Å². The van der Waals surface area contributed by atoms with Crippen LogP contribution in [0, 0.1) is 21.7 Å². The van der Waals surface area contributed by atoms with Crippen molar-refractivity contribution in [1.82, 2.24) is 5.32 Å². The smallest absolute Gasteiger partial charge is 0.307 e. The molecule has 1 heterocycles. The van der Waals surface area contributed by atoms with Gasteiger partial charge in [-0.3, -0.25) is 10.1 Å². The minimum atomic E-state index is -1.18. The number of nitro groups is 1. The second-order valence-corrected chi connectivity index (χ2v) is 3.87. The van der Waals surface area contributed by atoms with Crippen molar-refractivity contribution < 1.29 is 23.5 Å². The number of nitrogens with zero attached hydrogens (tertiary/aromatic N) is 1. The maximum atomic E-state index is 13.5. The highest BCUT2D eigenvalue weighted by atomic mass is 19.1. The molecule has 98 valence electrons. The molecule has 0 radical (unpaired) electrons. The minimum absolute atomic E-state index is 0.291. The SMILES string of the molecule is O=[N+]([O-])c1cc(F)c(O[C@H]2CNC[C@@H]2O)cc1F. The molecule has 2 rings (SSSR count). The van der Waals surface area contributed by atoms with Gasteiger partial charge in [-0.25, -0.2) is 4.39 Å². The summed E-state index contributed by atoms with van der Waals surface area (Å²) in [5.41, 5.74) is -0.954. The zero-order chi connectivity index (χ0) is 13.3. The topological polar surface area (TPSA) is 84.6 Å². The predicted octanol–water partition coefficient (Wildman–Crippen LogP) is 0.584. The van der Waals surface area contributed by atoms with Crippen LogP contribution in [0.1, 0.15) is 0 Å². The van der Waals surface area contributed by atoms with Gasteiger partial charge < -0.3 is 15.2 Å². The van der Waals surface area contributed by atoms with Crippen LogP contribution in [0.4, 0.5) is 14.5 Å². The molecule has 1 aromatic rings. The van der Waals surface area contributed by atoms with Crippen molar-refractivity contribution in [3.63, 3.8) is 0 Å². The Bertz CT molecular complexity index is 483. The van der Waals surface area contributed by atoms with E-state index in [0.29, 0.717) is 25.2 Å². The van der Waals surface area contributed by atoms with Gasteiger partial charge in [0.15, 0.2) is 11.6 Å². The Labute approximate surface area is 100 Å². The molecule has 1 aliphatic heterocycles. The van der Waals surface area contributed by atoms with Gasteiger partial charge in [0.1, 0.15) is 12.2 Å². The summed E-state index contributed by atoms with van der Waals surface area (Å²) in [4.78, 5) is 9.37. The first-order valence-corrected chi connectivity index (χ1v) is 5.18. The summed E-state index contributed by atoms with van der Waals surface area (Å²) in [6, 6.07) is 1.07. The molecule has 0 amide bonds. The number of nitrogens with one attached hydrogen (secondary N) is 1. The van der Waals surface area contributed by atoms with Crippen LogP contribution in [-0.2, 0) is 0 Å². The van der Waals surface area contributed by atoms with Gasteiger partial charge in [0.05, 0.1) is 11.0 Å². The third-order valence-electron chi connectivity index (χ3n) is 2.60. The van der Waals surface area contributed by atoms with Crippen LogP contribution in [0.5, 0.6) is 5.75 Å². The van der Waals surface area contributed by atoms with E-state index in [1.807, 2.05) is 0 Å². The second-order valence-electron chi connectivity index (χ2n) is 3.87. The molecule has 18 heavy (non-hydrogen) atoms. The van der Waals surface area contributed by atoms with E-state index in [-0.39, 0.29) is 0 Å². The highest BCUT2D eigenvalue weighted by Crippen LogP contribution is 2.27. The van der Waals surface area contributed by atoms with Crippen molar-refractivity contribution >= 4 is 5.69 Å². The number of hydrogen-bond donors (Lipinski definition) is 2. The molecule has 1 aromatic carbocycles. The van der Waals surface area contributed by atoms with E-state index in [9.17, 15) is 24.0 Å². The number of halogens is 2. The van der Waals surface area contributed by atoms with Crippen molar-refractivity contribution in [3.05, 3.63) is 33.9 Å². The van der Waals surface area contributed by atoms with Crippen molar-refractivity contribution in [2.45, 2.75) is 12.2 Å². The Morgan fingerprint density at radius 2 is 2.11 bits per heavy atom. The fourth-order valence-electron chi connectivity index (χ4n) is 1.67. The first-order chi connectivity index (χ1) is 8.49. The van der Waals surface area contributed by atoms with E-state index in [4.69, 9.17) is 4.74 Å². The molecular formula is C10H10F2N2O4. The molecule has 1 aliphatic rings. The normalized spacial score (nSPS) is 23.1. The van der Waals surface area contributed by atoms with Crippen LogP contribution in [0.15, 0.2) is 12.1 Å². The van der Waals surface area contributed by atoms with Crippen molar-refractivity contribution in [2.75, 3.05) is 13.1 Å². The van der Waals surface area contributed by atoms with Crippen LogP contribution in [0.3, 0.4) is 0 Å². The van der Waals surface area contributed by atoms with E-state index in [1.165, 1.54) is 0 Å². The lowest BCUT2D eigenvalue weighted by atomic mass is 10.2. The van der Waals surface area contributed by atoms with E-state index in [2.05, 4.69) is 5.32 Å². The van der Waals surface area contributed by atoms with Crippen LogP contribution in [-0.4, -0.2) is 35.3 Å². The van der Waals surface area contributed by atoms with E-state index >= 15 is 0 Å². The molecule has 0 saturated carbocycles. The van der Waals surface area contributed by atoms with E-state index in [0.717, 1.165) is 0 Å². The van der Waals surface area contributed by atoms with Crippen LogP contribution in [0.2, 0.25) is 0 Å². The highest BCUT2D eigenvalue weighted by Gasteiger charge is 2.28. The number of ether oxygens (including phenoxy) is 1. The Hall–Kier alpha value is -1.80. The Morgan fingerprint density at radius 1 is 1.39 bits per heavy atom. The lowest BCUT2D eigenvalue weighted by molar-refractivity contribution is -0.387. The number of nitro benzene ring substituents is 1. The van der Waals surface area contributed by atoms with Crippen molar-refractivity contribution in [1.29, 1.82) is 0 Å². The third kappa shape index (κ3) is 2.39. The van der Waals surface area contributed by atoms with E-state index in [1.54, 1.807) is 0 Å². The Morgan fingerprint density at radius 3 is 2.67 bits per heavy atom. The molecule has 0 aliphatic carbocycles. The summed E-state index contributed by atoms with van der Waals surface area (Å²) < 4.78 is 31.8. The minimum Gasteiger partial charge on any atom is -0.483 e. The average Bonchev–Trinajstić information content (AvgIpc) is 2.69. The molecule has 0 aromatic heterocycles. The lowest BCUT2D eigenvalue weighted by Crippen LogP contribution is -2.30. The quantitative estimate of drug-likeness (QED) is 0.613. The standard InChI is InChI=1S/C10H10F2N2O4/c11-5-2-9(6(12)1-7(5)14(16)17)18-10-4-13-3-8(10)15/h1-2,8,10,13,15H,3-4H2/t8-,10-/m0/s1. The predicted molar refractivity (Wildman–Crippen MR) is 56.3 cm³/mol. The number of aliphatic hydroxyl groups excluding tert-OH is 1.